The first-order chi connectivity index (χ1) is 10.2. The molecule has 0 bridgehead atoms. The summed E-state index contributed by atoms with van der Waals surface area (Å²) in [5, 5.41) is 20.2. The van der Waals surface area contributed by atoms with Gasteiger partial charge in [-0.1, -0.05) is 34.1 Å². The van der Waals surface area contributed by atoms with Crippen molar-refractivity contribution in [1.29, 1.82) is 5.26 Å². The number of nitrogen functional groups attached to an aromatic ring is 1. The number of nitrogens with two attached hydrogens (primary N) is 1. The van der Waals surface area contributed by atoms with Gasteiger partial charge in [-0.15, -0.1) is 0 Å². The van der Waals surface area contributed by atoms with Gasteiger partial charge in [0, 0.05) is 17.6 Å². The second-order valence-corrected chi connectivity index (χ2v) is 5.82. The van der Waals surface area contributed by atoms with Crippen molar-refractivity contribution in [3.8, 4) is 6.07 Å². The molecular weight excluding hydrogens is 332 g/mol. The van der Waals surface area contributed by atoms with Crippen LogP contribution in [0, 0.1) is 11.3 Å². The largest absolute Gasteiger partial charge is 0.383 e. The number of hydrogen-bond acceptors (Lipinski definition) is 5. The average molecular weight is 347 g/mol. The highest BCUT2D eigenvalue weighted by Gasteiger charge is 2.22. The zero-order valence-electron chi connectivity index (χ0n) is 11.3. The number of aromatic nitrogens is 2. The molecule has 0 amide bonds. The van der Waals surface area contributed by atoms with Crippen LogP contribution in [0.3, 0.4) is 0 Å². The van der Waals surface area contributed by atoms with Gasteiger partial charge < -0.3 is 16.4 Å². The molecular formula is C14H15BrN6. The van der Waals surface area contributed by atoms with E-state index >= 15 is 0 Å². The first kappa shape index (κ1) is 13.9. The highest BCUT2D eigenvalue weighted by atomic mass is 79.9. The van der Waals surface area contributed by atoms with Crippen LogP contribution in [0.15, 0.2) is 28.7 Å². The highest BCUT2D eigenvalue weighted by Crippen LogP contribution is 2.24. The maximum absolute atomic E-state index is 9.29. The molecule has 21 heavy (non-hydrogen) atoms. The number of anilines is 2. The van der Waals surface area contributed by atoms with Crippen molar-refractivity contribution < 1.29 is 0 Å². The molecule has 6 nitrogen and oxygen atoms in total. The lowest BCUT2D eigenvalue weighted by atomic mass is 10.2. The third-order valence-electron chi connectivity index (χ3n) is 3.50. The van der Waals surface area contributed by atoms with Gasteiger partial charge in [0.2, 0.25) is 0 Å². The van der Waals surface area contributed by atoms with Crippen molar-refractivity contribution in [2.24, 2.45) is 0 Å². The van der Waals surface area contributed by atoms with E-state index in [9.17, 15) is 5.26 Å². The number of rotatable bonds is 4. The van der Waals surface area contributed by atoms with Gasteiger partial charge in [0.05, 0.1) is 12.6 Å². The summed E-state index contributed by atoms with van der Waals surface area (Å²) in [6, 6.07) is 10.3. The van der Waals surface area contributed by atoms with Crippen molar-refractivity contribution in [3.05, 3.63) is 39.9 Å². The van der Waals surface area contributed by atoms with Crippen molar-refractivity contribution in [3.63, 3.8) is 0 Å². The Hall–Kier alpha value is -2.04. The maximum atomic E-state index is 9.29. The number of nitrogens with one attached hydrogen (secondary N) is 2. The van der Waals surface area contributed by atoms with E-state index in [0.29, 0.717) is 29.8 Å². The van der Waals surface area contributed by atoms with E-state index in [1.165, 1.54) is 0 Å². The maximum Gasteiger partial charge on any atom is 0.168 e. The van der Waals surface area contributed by atoms with Gasteiger partial charge in [-0.3, -0.25) is 0 Å². The van der Waals surface area contributed by atoms with E-state index < -0.39 is 0 Å². The number of halogens is 1. The van der Waals surface area contributed by atoms with Crippen molar-refractivity contribution in [1.82, 2.24) is 15.1 Å². The molecule has 1 saturated heterocycles. The lowest BCUT2D eigenvalue weighted by Gasteiger charge is -2.27. The summed E-state index contributed by atoms with van der Waals surface area (Å²) in [5.41, 5.74) is 7.53. The molecule has 1 aromatic carbocycles. The fourth-order valence-corrected chi connectivity index (χ4v) is 2.59. The molecule has 0 spiro atoms. The Bertz CT molecular complexity index is 698. The lowest BCUT2D eigenvalue weighted by molar-refractivity contribution is 0.470. The summed E-state index contributed by atoms with van der Waals surface area (Å²) in [7, 11) is 0. The number of nitriles is 1. The second kappa shape index (κ2) is 5.76. The summed E-state index contributed by atoms with van der Waals surface area (Å²) in [6.45, 7) is 2.27. The summed E-state index contributed by atoms with van der Waals surface area (Å²) in [4.78, 5) is 0. The molecule has 0 radical (unpaired) electrons. The van der Waals surface area contributed by atoms with Crippen LogP contribution in [0.5, 0.6) is 0 Å². The van der Waals surface area contributed by atoms with E-state index in [0.717, 1.165) is 23.1 Å². The molecule has 1 aliphatic rings. The van der Waals surface area contributed by atoms with Crippen molar-refractivity contribution in [2.45, 2.75) is 12.6 Å². The highest BCUT2D eigenvalue weighted by molar-refractivity contribution is 9.10. The smallest absolute Gasteiger partial charge is 0.168 e. The van der Waals surface area contributed by atoms with Crippen LogP contribution in [0.25, 0.3) is 0 Å². The molecule has 108 valence electrons. The zero-order chi connectivity index (χ0) is 14.8. The van der Waals surface area contributed by atoms with E-state index in [2.05, 4.69) is 37.7 Å². The van der Waals surface area contributed by atoms with Gasteiger partial charge in [-0.2, -0.15) is 10.4 Å². The minimum Gasteiger partial charge on any atom is -0.383 e. The standard InChI is InChI=1S/C14H15BrN6/c15-12-4-2-1-3-9(12)8-21-13(17)11(5-16)14(20-21)19-10-6-18-7-10/h1-4,10,18H,6-8,17H2,(H,19,20). The van der Waals surface area contributed by atoms with Crippen LogP contribution >= 0.6 is 15.9 Å². The molecule has 1 aliphatic heterocycles. The minimum absolute atomic E-state index is 0.309. The molecule has 0 atom stereocenters. The molecule has 7 heteroatoms. The minimum atomic E-state index is 0.309. The van der Waals surface area contributed by atoms with Crippen LogP contribution in [-0.2, 0) is 6.54 Å². The van der Waals surface area contributed by atoms with Crippen molar-refractivity contribution in [2.75, 3.05) is 24.1 Å². The van der Waals surface area contributed by atoms with E-state index in [-0.39, 0.29) is 0 Å². The van der Waals surface area contributed by atoms with Crippen molar-refractivity contribution >= 4 is 27.6 Å². The van der Waals surface area contributed by atoms with E-state index in [1.54, 1.807) is 4.68 Å². The van der Waals surface area contributed by atoms with E-state index in [4.69, 9.17) is 5.73 Å². The quantitative estimate of drug-likeness (QED) is 0.780. The van der Waals surface area contributed by atoms with Crippen LogP contribution in [0.2, 0.25) is 0 Å². The molecule has 0 saturated carbocycles. The predicted molar refractivity (Wildman–Crippen MR) is 84.9 cm³/mol. The molecule has 1 aromatic heterocycles. The second-order valence-electron chi connectivity index (χ2n) is 4.97. The van der Waals surface area contributed by atoms with Gasteiger partial charge in [0.1, 0.15) is 17.5 Å². The zero-order valence-corrected chi connectivity index (χ0v) is 12.9. The van der Waals surface area contributed by atoms with Crippen LogP contribution < -0.4 is 16.4 Å². The van der Waals surface area contributed by atoms with Gasteiger partial charge in [0.25, 0.3) is 0 Å². The Morgan fingerprint density at radius 3 is 2.86 bits per heavy atom. The van der Waals surface area contributed by atoms with E-state index in [1.807, 2.05) is 24.3 Å². The topological polar surface area (TPSA) is 91.7 Å². The molecule has 3 rings (SSSR count). The number of hydrogen-bond donors (Lipinski definition) is 3. The van der Waals surface area contributed by atoms with Crippen LogP contribution in [0.1, 0.15) is 11.1 Å². The first-order valence-electron chi connectivity index (χ1n) is 6.66. The molecule has 0 unspecified atom stereocenters. The SMILES string of the molecule is N#Cc1c(NC2CNC2)nn(Cc2ccccc2Br)c1N. The molecule has 0 aliphatic carbocycles. The first-order valence-corrected chi connectivity index (χ1v) is 7.45. The van der Waals surface area contributed by atoms with Gasteiger partial charge >= 0.3 is 0 Å². The summed E-state index contributed by atoms with van der Waals surface area (Å²) >= 11 is 3.51. The van der Waals surface area contributed by atoms with Gasteiger partial charge in [-0.05, 0) is 11.6 Å². The molecule has 1 fully saturated rings. The fourth-order valence-electron chi connectivity index (χ4n) is 2.18. The number of benzene rings is 1. The third kappa shape index (κ3) is 2.73. The van der Waals surface area contributed by atoms with Gasteiger partial charge in [-0.25, -0.2) is 4.68 Å². The van der Waals surface area contributed by atoms with Gasteiger partial charge in [0.15, 0.2) is 5.82 Å². The monoisotopic (exact) mass is 346 g/mol. The summed E-state index contributed by atoms with van der Waals surface area (Å²) < 4.78 is 2.66. The van der Waals surface area contributed by atoms with Crippen LogP contribution in [0.4, 0.5) is 11.6 Å². The Kier molecular flexibility index (Phi) is 3.82. The molecule has 4 N–H and O–H groups in total. The Morgan fingerprint density at radius 2 is 2.24 bits per heavy atom. The third-order valence-corrected chi connectivity index (χ3v) is 4.28. The Morgan fingerprint density at radius 1 is 1.48 bits per heavy atom. The summed E-state index contributed by atoms with van der Waals surface area (Å²) in [6.07, 6.45) is 0. The molecule has 2 aromatic rings. The fraction of sp³-hybridized carbons (Fsp3) is 0.286. The lowest BCUT2D eigenvalue weighted by Crippen LogP contribution is -2.51. The average Bonchev–Trinajstić information content (AvgIpc) is 2.72. The normalized spacial score (nSPS) is 14.5. The molecule has 2 heterocycles. The number of nitrogens with zero attached hydrogens (tertiary/aromatic N) is 3. The summed E-state index contributed by atoms with van der Waals surface area (Å²) in [5.74, 6) is 0.955. The van der Waals surface area contributed by atoms with Crippen LogP contribution in [-0.4, -0.2) is 28.9 Å². The Balaban J connectivity index is 1.88. The Labute approximate surface area is 131 Å². The predicted octanol–water partition coefficient (Wildman–Crippen LogP) is 1.53.